The molecule has 14 N–H and O–H groups in total. The van der Waals surface area contributed by atoms with E-state index in [2.05, 4.69) is 26.6 Å². The third kappa shape index (κ3) is 35.2. The van der Waals surface area contributed by atoms with Crippen LogP contribution >= 0.6 is 0 Å². The Hall–Kier alpha value is -0.766. The Morgan fingerprint density at radius 3 is 1.55 bits per heavy atom. The molecule has 0 aromatic carbocycles. The Morgan fingerprint density at radius 2 is 1.16 bits per heavy atom. The van der Waals surface area contributed by atoms with Crippen molar-refractivity contribution >= 4 is 17.7 Å². The predicted molar refractivity (Wildman–Crippen MR) is 157 cm³/mol. The first-order chi connectivity index (χ1) is 16.7. The number of hydrogen-bond donors (Lipinski definition) is 9. The summed E-state index contributed by atoms with van der Waals surface area (Å²) in [6.45, 7) is 6.13. The van der Waals surface area contributed by atoms with Crippen molar-refractivity contribution in [3.8, 4) is 0 Å². The van der Waals surface area contributed by atoms with E-state index < -0.39 is 12.1 Å². The fraction of sp³-hybridized carbons (Fsp3) is 0.875. The van der Waals surface area contributed by atoms with Crippen molar-refractivity contribution in [1.29, 1.82) is 0 Å². The zero-order valence-electron chi connectivity index (χ0n) is 22.8. The summed E-state index contributed by atoms with van der Waals surface area (Å²) in [4.78, 5) is 32.6. The second kappa shape index (κ2) is 38.4. The van der Waals surface area contributed by atoms with Gasteiger partial charge in [0.1, 0.15) is 0 Å². The van der Waals surface area contributed by atoms with Crippen LogP contribution in [0.2, 0.25) is 0 Å². The van der Waals surface area contributed by atoms with E-state index in [1.54, 1.807) is 14.1 Å². The molecule has 3 amide bonds. The van der Waals surface area contributed by atoms with Gasteiger partial charge >= 0.3 is 0 Å². The first-order valence-electron chi connectivity index (χ1n) is 12.3. The molecule has 0 fully saturated rings. The number of rotatable bonds is 17. The molecule has 0 aromatic rings. The smallest absolute Gasteiger partial charge is 0.236 e. The zero-order chi connectivity index (χ0) is 27.5. The normalized spacial score (nSPS) is 11.6. The Morgan fingerprint density at radius 1 is 0.711 bits per heavy atom. The van der Waals surface area contributed by atoms with Crippen LogP contribution in [-0.4, -0.2) is 96.3 Å². The molecule has 14 heteroatoms. The van der Waals surface area contributed by atoms with Gasteiger partial charge in [-0.2, -0.15) is 0 Å². The predicted octanol–water partition coefficient (Wildman–Crippen LogP) is -1.00. The summed E-state index contributed by atoms with van der Waals surface area (Å²) in [6.07, 6.45) is 5.15. The fourth-order valence-corrected chi connectivity index (χ4v) is 2.53. The molecule has 3 unspecified atom stereocenters. The van der Waals surface area contributed by atoms with Crippen molar-refractivity contribution < 1.29 is 47.1 Å². The van der Waals surface area contributed by atoms with E-state index in [0.29, 0.717) is 26.1 Å². The van der Waals surface area contributed by atoms with E-state index in [-0.39, 0.29) is 71.3 Å². The molecule has 0 heterocycles. The molecule has 3 atom stereocenters. The SMILES string of the molecule is C.C.CNC(=O)C(C)[NH-].CNC(=O)C(CCCNCCCN)NCCCN.CNC(=O)C(N)CCCN.[Y]. The van der Waals surface area contributed by atoms with Gasteiger partial charge in [0.05, 0.1) is 12.1 Å². The second-order valence-corrected chi connectivity index (χ2v) is 7.79. The van der Waals surface area contributed by atoms with Gasteiger partial charge < -0.3 is 55.3 Å². The van der Waals surface area contributed by atoms with Crippen LogP contribution in [0.3, 0.4) is 0 Å². The number of likely N-dealkylation sites (N-methyl/N-ethyl adjacent to an activating group) is 3. The summed E-state index contributed by atoms with van der Waals surface area (Å²) >= 11 is 0. The van der Waals surface area contributed by atoms with Crippen LogP contribution in [-0.2, 0) is 47.1 Å². The number of carbonyl (C=O) groups excluding carboxylic acids is 3. The monoisotopic (exact) mass is 626 g/mol. The standard InChI is InChI=1S/C12H29N5O.C6H15N3O.C4H9N2O.2CH4.Y/c1-15-12(18)11(17-10-4-7-14)5-2-8-16-9-3-6-13;1-9-6(10)5(8)3-2-4-7;1-3(5)4(7)6-2;;;/h11,16-17H,2-10,13-14H2,1H3,(H,15,18);5H,2-4,7-8H2,1H3,(H,9,10);3,5H,1-2H3,(H,6,7);2*1H4;/q;;-1;;;. The van der Waals surface area contributed by atoms with Crippen LogP contribution in [0.5, 0.6) is 0 Å². The number of amides is 3. The van der Waals surface area contributed by atoms with Gasteiger partial charge in [-0.05, 0) is 77.8 Å². The molecule has 38 heavy (non-hydrogen) atoms. The zero-order valence-corrected chi connectivity index (χ0v) is 25.7. The quantitative estimate of drug-likeness (QED) is 0.0899. The van der Waals surface area contributed by atoms with Gasteiger partial charge in [0.15, 0.2) is 0 Å². The molecule has 0 saturated heterocycles. The van der Waals surface area contributed by atoms with Crippen molar-refractivity contribution in [2.24, 2.45) is 22.9 Å². The molecule has 13 nitrogen and oxygen atoms in total. The van der Waals surface area contributed by atoms with Gasteiger partial charge in [0, 0.05) is 53.9 Å². The summed E-state index contributed by atoms with van der Waals surface area (Å²) in [5, 5.41) is 14.0. The number of nitrogens with one attached hydrogen (secondary N) is 6. The van der Waals surface area contributed by atoms with Gasteiger partial charge in [-0.1, -0.05) is 27.8 Å². The van der Waals surface area contributed by atoms with Gasteiger partial charge in [0.2, 0.25) is 17.7 Å². The van der Waals surface area contributed by atoms with Crippen molar-refractivity contribution in [2.75, 3.05) is 60.4 Å². The third-order valence-corrected chi connectivity index (χ3v) is 4.68. The summed E-state index contributed by atoms with van der Waals surface area (Å²) in [7, 11) is 4.76. The van der Waals surface area contributed by atoms with Crippen LogP contribution in [0.15, 0.2) is 0 Å². The van der Waals surface area contributed by atoms with Crippen molar-refractivity contribution in [2.45, 2.75) is 78.4 Å². The minimum atomic E-state index is -0.634. The molecule has 0 bridgehead atoms. The third-order valence-electron chi connectivity index (χ3n) is 4.68. The Bertz CT molecular complexity index is 518. The molecule has 0 saturated carbocycles. The largest absolute Gasteiger partial charge is 0.667 e. The van der Waals surface area contributed by atoms with E-state index in [9.17, 15) is 14.4 Å². The Balaban J connectivity index is -0.000000109. The Kier molecular flexibility index (Phi) is 50.6. The molecule has 0 spiro atoms. The first kappa shape index (κ1) is 50.1. The summed E-state index contributed by atoms with van der Waals surface area (Å²) < 4.78 is 0. The van der Waals surface area contributed by atoms with Crippen LogP contribution in [0.1, 0.15) is 60.3 Å². The van der Waals surface area contributed by atoms with Crippen molar-refractivity contribution in [1.82, 2.24) is 26.6 Å². The Labute approximate surface area is 257 Å². The van der Waals surface area contributed by atoms with Crippen LogP contribution in [0.4, 0.5) is 0 Å². The van der Waals surface area contributed by atoms with Crippen molar-refractivity contribution in [3.05, 3.63) is 5.73 Å². The van der Waals surface area contributed by atoms with Crippen LogP contribution < -0.4 is 49.5 Å². The van der Waals surface area contributed by atoms with Gasteiger partial charge in [-0.3, -0.25) is 14.4 Å². The molecule has 0 rings (SSSR count). The van der Waals surface area contributed by atoms with E-state index >= 15 is 0 Å². The van der Waals surface area contributed by atoms with Gasteiger partial charge in [-0.15, -0.1) is 0 Å². The van der Waals surface area contributed by atoms with E-state index in [0.717, 1.165) is 51.7 Å². The van der Waals surface area contributed by atoms with Gasteiger partial charge in [0.25, 0.3) is 0 Å². The van der Waals surface area contributed by atoms with E-state index in [1.165, 1.54) is 14.0 Å². The summed E-state index contributed by atoms with van der Waals surface area (Å²) in [5.74, 6) is -0.303. The van der Waals surface area contributed by atoms with Crippen LogP contribution in [0.25, 0.3) is 5.73 Å². The molecular weight excluding hydrogens is 565 g/mol. The number of hydrogen-bond acceptors (Lipinski definition) is 9. The van der Waals surface area contributed by atoms with E-state index in [4.69, 9.17) is 28.7 Å². The molecular formula is C24H61N10O3Y-. The number of carbonyl (C=O) groups is 3. The molecule has 1 radical (unpaired) electrons. The molecule has 0 aliphatic carbocycles. The second-order valence-electron chi connectivity index (χ2n) is 7.79. The maximum atomic E-state index is 11.6. The molecule has 229 valence electrons. The first-order valence-corrected chi connectivity index (χ1v) is 12.3. The molecule has 0 aromatic heterocycles. The topological polar surface area (TPSA) is 239 Å². The maximum absolute atomic E-state index is 11.6. The fourth-order valence-electron chi connectivity index (χ4n) is 2.53. The van der Waals surface area contributed by atoms with Gasteiger partial charge in [-0.25, -0.2) is 0 Å². The minimum Gasteiger partial charge on any atom is -0.667 e. The minimum absolute atomic E-state index is 0. The molecule has 0 aliphatic rings. The summed E-state index contributed by atoms with van der Waals surface area (Å²) in [6, 6.07) is -1.14. The molecule has 0 aliphatic heterocycles. The van der Waals surface area contributed by atoms with E-state index in [1.807, 2.05) is 0 Å². The van der Waals surface area contributed by atoms with Crippen LogP contribution in [0, 0.1) is 0 Å². The van der Waals surface area contributed by atoms with Crippen molar-refractivity contribution in [3.63, 3.8) is 0 Å². The number of nitrogens with two attached hydrogens (primary N) is 4. The average Bonchev–Trinajstić information content (AvgIpc) is 2.87. The maximum Gasteiger partial charge on any atom is 0.236 e. The summed E-state index contributed by atoms with van der Waals surface area (Å²) in [5.41, 5.74) is 28.3. The average molecular weight is 627 g/mol.